The fraction of sp³-hybridized carbons (Fsp3) is 0.261. The molecule has 1 fully saturated rings. The van der Waals surface area contributed by atoms with Gasteiger partial charge in [-0.2, -0.15) is 5.10 Å². The van der Waals surface area contributed by atoms with Gasteiger partial charge < -0.3 is 9.88 Å². The first-order chi connectivity index (χ1) is 15.7. The van der Waals surface area contributed by atoms with E-state index in [0.717, 1.165) is 53.6 Å². The summed E-state index contributed by atoms with van der Waals surface area (Å²) in [6.07, 6.45) is 8.47. The second-order valence-electron chi connectivity index (χ2n) is 8.33. The maximum Gasteiger partial charge on any atom is 0.159 e. The molecule has 160 valence electrons. The van der Waals surface area contributed by atoms with Crippen LogP contribution in [0.3, 0.4) is 0 Å². The molecule has 8 nitrogen and oxygen atoms in total. The van der Waals surface area contributed by atoms with E-state index in [2.05, 4.69) is 37.1 Å². The second kappa shape index (κ2) is 7.45. The average Bonchev–Trinajstić information content (AvgIpc) is 3.43. The SMILES string of the molecule is CN1CCC(c2nccc3[nH]c(-c4n[nH]c5cnc(-c6cncc(F)c6)cc45)nc23)CC1. The molecule has 0 radical (unpaired) electrons. The molecule has 0 unspecified atom stereocenters. The highest BCUT2D eigenvalue weighted by Crippen LogP contribution is 2.33. The summed E-state index contributed by atoms with van der Waals surface area (Å²) in [5, 5.41) is 8.36. The molecule has 5 aromatic heterocycles. The van der Waals surface area contributed by atoms with E-state index in [1.165, 1.54) is 12.3 Å². The number of aromatic amines is 2. The van der Waals surface area contributed by atoms with E-state index < -0.39 is 5.82 Å². The summed E-state index contributed by atoms with van der Waals surface area (Å²) >= 11 is 0. The molecular weight excluding hydrogens is 407 g/mol. The molecular formula is C23H21FN8. The molecule has 0 atom stereocenters. The van der Waals surface area contributed by atoms with Crippen molar-refractivity contribution < 1.29 is 4.39 Å². The van der Waals surface area contributed by atoms with Gasteiger partial charge in [0, 0.05) is 29.3 Å². The molecule has 1 saturated heterocycles. The predicted octanol–water partition coefficient (Wildman–Crippen LogP) is 3.91. The van der Waals surface area contributed by atoms with Crippen LogP contribution in [-0.4, -0.2) is 60.2 Å². The van der Waals surface area contributed by atoms with Gasteiger partial charge >= 0.3 is 0 Å². The van der Waals surface area contributed by atoms with Gasteiger partial charge in [0.25, 0.3) is 0 Å². The molecule has 32 heavy (non-hydrogen) atoms. The third kappa shape index (κ3) is 3.21. The zero-order valence-corrected chi connectivity index (χ0v) is 17.5. The highest BCUT2D eigenvalue weighted by molar-refractivity contribution is 5.94. The fourth-order valence-electron chi connectivity index (χ4n) is 4.46. The number of halogens is 1. The molecule has 0 aromatic carbocycles. The molecule has 1 aliphatic heterocycles. The van der Waals surface area contributed by atoms with Crippen molar-refractivity contribution in [2.45, 2.75) is 18.8 Å². The zero-order valence-electron chi connectivity index (χ0n) is 17.5. The molecule has 0 aliphatic carbocycles. The number of nitrogens with one attached hydrogen (secondary N) is 2. The number of rotatable bonds is 3. The van der Waals surface area contributed by atoms with Gasteiger partial charge in [-0.15, -0.1) is 0 Å². The lowest BCUT2D eigenvalue weighted by Crippen LogP contribution is -2.29. The van der Waals surface area contributed by atoms with E-state index in [1.54, 1.807) is 12.4 Å². The number of hydrogen-bond acceptors (Lipinski definition) is 6. The van der Waals surface area contributed by atoms with Crippen molar-refractivity contribution in [3.63, 3.8) is 0 Å². The van der Waals surface area contributed by atoms with Crippen LogP contribution in [0, 0.1) is 5.82 Å². The number of fused-ring (bicyclic) bond motifs is 2. The van der Waals surface area contributed by atoms with Crippen LogP contribution in [-0.2, 0) is 0 Å². The van der Waals surface area contributed by atoms with Crippen molar-refractivity contribution in [3.8, 4) is 22.8 Å². The highest BCUT2D eigenvalue weighted by atomic mass is 19.1. The van der Waals surface area contributed by atoms with Gasteiger partial charge in [0.15, 0.2) is 5.82 Å². The van der Waals surface area contributed by atoms with E-state index in [-0.39, 0.29) is 0 Å². The minimum Gasteiger partial charge on any atom is -0.336 e. The number of pyridine rings is 3. The lowest BCUT2D eigenvalue weighted by molar-refractivity contribution is 0.254. The molecule has 9 heteroatoms. The predicted molar refractivity (Wildman–Crippen MR) is 119 cm³/mol. The molecule has 0 amide bonds. The second-order valence-corrected chi connectivity index (χ2v) is 8.33. The Hall–Kier alpha value is -3.72. The van der Waals surface area contributed by atoms with E-state index in [0.29, 0.717) is 28.7 Å². The average molecular weight is 428 g/mol. The third-order valence-corrected chi connectivity index (χ3v) is 6.21. The Morgan fingerprint density at radius 1 is 1.06 bits per heavy atom. The normalized spacial score (nSPS) is 15.7. The van der Waals surface area contributed by atoms with Crippen molar-refractivity contribution in [3.05, 3.63) is 54.5 Å². The summed E-state index contributed by atoms with van der Waals surface area (Å²) in [6, 6.07) is 5.25. The maximum absolute atomic E-state index is 13.6. The summed E-state index contributed by atoms with van der Waals surface area (Å²) in [6.45, 7) is 2.13. The van der Waals surface area contributed by atoms with Crippen molar-refractivity contribution >= 4 is 21.9 Å². The minimum atomic E-state index is -0.400. The summed E-state index contributed by atoms with van der Waals surface area (Å²) in [7, 11) is 2.16. The number of nitrogens with zero attached hydrogens (tertiary/aromatic N) is 6. The number of imidazole rings is 1. The Labute approximate surface area is 183 Å². The van der Waals surface area contributed by atoms with Gasteiger partial charge in [0.05, 0.1) is 34.8 Å². The zero-order chi connectivity index (χ0) is 21.7. The van der Waals surface area contributed by atoms with Gasteiger partial charge in [-0.05, 0) is 51.2 Å². The first-order valence-electron chi connectivity index (χ1n) is 10.6. The van der Waals surface area contributed by atoms with Crippen LogP contribution >= 0.6 is 0 Å². The monoisotopic (exact) mass is 428 g/mol. The van der Waals surface area contributed by atoms with Gasteiger partial charge in [-0.25, -0.2) is 9.37 Å². The number of hydrogen-bond donors (Lipinski definition) is 2. The topological polar surface area (TPSA) is 99.3 Å². The standard InChI is InChI=1S/C23H21FN8/c1-32-6-3-13(4-7-32)20-22-17(2-5-26-20)28-23(29-22)21-16-9-18(27-12-19(16)30-31-21)14-8-15(24)11-25-10-14/h2,5,8-13H,3-4,6-7H2,1H3,(H,28,29)(H,30,31). The Bertz CT molecular complexity index is 1430. The molecule has 2 N–H and O–H groups in total. The Morgan fingerprint density at radius 2 is 1.94 bits per heavy atom. The molecule has 0 spiro atoms. The smallest absolute Gasteiger partial charge is 0.159 e. The number of piperidine rings is 1. The van der Waals surface area contributed by atoms with Crippen LogP contribution in [0.25, 0.3) is 44.7 Å². The highest BCUT2D eigenvalue weighted by Gasteiger charge is 2.23. The molecule has 6 rings (SSSR count). The molecule has 0 saturated carbocycles. The largest absolute Gasteiger partial charge is 0.336 e. The van der Waals surface area contributed by atoms with Gasteiger partial charge in [0.1, 0.15) is 17.0 Å². The number of likely N-dealkylation sites (tertiary alicyclic amines) is 1. The third-order valence-electron chi connectivity index (χ3n) is 6.21. The van der Waals surface area contributed by atoms with E-state index in [4.69, 9.17) is 9.97 Å². The van der Waals surface area contributed by atoms with Crippen molar-refractivity contribution in [1.29, 1.82) is 0 Å². The minimum absolute atomic E-state index is 0.400. The van der Waals surface area contributed by atoms with Crippen LogP contribution in [0.5, 0.6) is 0 Å². The van der Waals surface area contributed by atoms with Crippen molar-refractivity contribution in [1.82, 2.24) is 40.0 Å². The van der Waals surface area contributed by atoms with Crippen LogP contribution in [0.2, 0.25) is 0 Å². The Kier molecular flexibility index (Phi) is 4.43. The summed E-state index contributed by atoms with van der Waals surface area (Å²) < 4.78 is 13.6. The molecule has 6 heterocycles. The van der Waals surface area contributed by atoms with Crippen LogP contribution < -0.4 is 0 Å². The summed E-state index contributed by atoms with van der Waals surface area (Å²) in [5.41, 5.74) is 5.60. The fourth-order valence-corrected chi connectivity index (χ4v) is 4.46. The first kappa shape index (κ1) is 19.0. The summed E-state index contributed by atoms with van der Waals surface area (Å²) in [4.78, 5) is 23.7. The quantitative estimate of drug-likeness (QED) is 0.452. The van der Waals surface area contributed by atoms with Crippen LogP contribution in [0.15, 0.2) is 43.0 Å². The molecule has 1 aliphatic rings. The van der Waals surface area contributed by atoms with Gasteiger partial charge in [0.2, 0.25) is 0 Å². The Morgan fingerprint density at radius 3 is 2.78 bits per heavy atom. The Balaban J connectivity index is 1.44. The van der Waals surface area contributed by atoms with Crippen LogP contribution in [0.4, 0.5) is 4.39 Å². The van der Waals surface area contributed by atoms with E-state index in [9.17, 15) is 4.39 Å². The van der Waals surface area contributed by atoms with E-state index >= 15 is 0 Å². The van der Waals surface area contributed by atoms with Gasteiger partial charge in [-0.1, -0.05) is 0 Å². The lowest BCUT2D eigenvalue weighted by Gasteiger charge is -2.28. The summed E-state index contributed by atoms with van der Waals surface area (Å²) in [5.74, 6) is 0.671. The van der Waals surface area contributed by atoms with E-state index in [1.807, 2.05) is 18.3 Å². The van der Waals surface area contributed by atoms with Crippen LogP contribution in [0.1, 0.15) is 24.5 Å². The number of H-pyrrole nitrogens is 2. The number of aromatic nitrogens is 7. The van der Waals surface area contributed by atoms with Crippen molar-refractivity contribution in [2.24, 2.45) is 0 Å². The van der Waals surface area contributed by atoms with Gasteiger partial charge in [-0.3, -0.25) is 20.1 Å². The van der Waals surface area contributed by atoms with Crippen molar-refractivity contribution in [2.75, 3.05) is 20.1 Å². The lowest BCUT2D eigenvalue weighted by atomic mass is 9.92. The molecule has 5 aromatic rings. The maximum atomic E-state index is 13.6. The first-order valence-corrected chi connectivity index (χ1v) is 10.6. The molecule has 0 bridgehead atoms.